The molecule has 0 saturated carbocycles. The number of aryl methyl sites for hydroxylation is 2. The van der Waals surface area contributed by atoms with Gasteiger partial charge < -0.3 is 10.6 Å². The molecule has 0 saturated heterocycles. The molecule has 2 heterocycles. The van der Waals surface area contributed by atoms with Crippen molar-refractivity contribution in [3.8, 4) is 0 Å². The van der Waals surface area contributed by atoms with Crippen LogP contribution in [0.5, 0.6) is 0 Å². The standard InChI is InChI=1S/C13H17BrN4OS/c1-4-18-12(11(15)8(2)16-18)13(19)17(3)6-9-5-10(14)20-7-9/h5,7H,4,6,15H2,1-3H3. The van der Waals surface area contributed by atoms with Crippen molar-refractivity contribution in [2.24, 2.45) is 0 Å². The maximum absolute atomic E-state index is 12.5. The van der Waals surface area contributed by atoms with Gasteiger partial charge in [-0.05, 0) is 46.8 Å². The molecule has 2 aromatic heterocycles. The van der Waals surface area contributed by atoms with Crippen molar-refractivity contribution >= 4 is 38.9 Å². The minimum Gasteiger partial charge on any atom is -0.395 e. The van der Waals surface area contributed by atoms with Crippen molar-refractivity contribution in [3.05, 3.63) is 32.2 Å². The number of nitrogen functional groups attached to an aromatic ring is 1. The molecule has 0 aliphatic carbocycles. The molecule has 0 radical (unpaired) electrons. The zero-order valence-corrected chi connectivity index (χ0v) is 14.1. The Morgan fingerprint density at radius 2 is 2.30 bits per heavy atom. The molecule has 0 atom stereocenters. The largest absolute Gasteiger partial charge is 0.395 e. The average molecular weight is 357 g/mol. The van der Waals surface area contributed by atoms with Crippen LogP contribution in [0.4, 0.5) is 5.69 Å². The van der Waals surface area contributed by atoms with Crippen LogP contribution in [0.1, 0.15) is 28.7 Å². The SMILES string of the molecule is CCn1nc(C)c(N)c1C(=O)N(C)Cc1csc(Br)c1. The molecule has 0 aromatic carbocycles. The van der Waals surface area contributed by atoms with Crippen molar-refractivity contribution in [2.45, 2.75) is 26.9 Å². The zero-order valence-electron chi connectivity index (χ0n) is 11.7. The number of hydrogen-bond donors (Lipinski definition) is 1. The lowest BCUT2D eigenvalue weighted by molar-refractivity contribution is 0.0774. The molecule has 0 spiro atoms. The van der Waals surface area contributed by atoms with Crippen LogP contribution in [0, 0.1) is 6.92 Å². The summed E-state index contributed by atoms with van der Waals surface area (Å²) < 4.78 is 2.72. The van der Waals surface area contributed by atoms with Gasteiger partial charge in [-0.25, -0.2) is 0 Å². The molecule has 0 aliphatic rings. The number of thiophene rings is 1. The van der Waals surface area contributed by atoms with E-state index >= 15 is 0 Å². The second kappa shape index (κ2) is 5.97. The molecule has 2 aromatic rings. The average Bonchev–Trinajstić information content (AvgIpc) is 2.93. The molecule has 5 nitrogen and oxygen atoms in total. The quantitative estimate of drug-likeness (QED) is 0.915. The number of aromatic nitrogens is 2. The number of rotatable bonds is 4. The Morgan fingerprint density at radius 1 is 1.60 bits per heavy atom. The molecule has 2 N–H and O–H groups in total. The Hall–Kier alpha value is -1.34. The van der Waals surface area contributed by atoms with Gasteiger partial charge in [-0.1, -0.05) is 0 Å². The van der Waals surface area contributed by atoms with Gasteiger partial charge >= 0.3 is 0 Å². The van der Waals surface area contributed by atoms with Gasteiger partial charge in [-0.3, -0.25) is 9.48 Å². The van der Waals surface area contributed by atoms with Gasteiger partial charge in [0, 0.05) is 20.1 Å². The van der Waals surface area contributed by atoms with Gasteiger partial charge in [0.1, 0.15) is 5.69 Å². The van der Waals surface area contributed by atoms with E-state index in [0.29, 0.717) is 30.2 Å². The van der Waals surface area contributed by atoms with E-state index < -0.39 is 0 Å². The van der Waals surface area contributed by atoms with Crippen molar-refractivity contribution in [2.75, 3.05) is 12.8 Å². The summed E-state index contributed by atoms with van der Waals surface area (Å²) in [5.41, 5.74) is 8.71. The molecule has 0 bridgehead atoms. The number of halogens is 1. The zero-order chi connectivity index (χ0) is 14.9. The second-order valence-corrected chi connectivity index (χ2v) is 6.87. The first kappa shape index (κ1) is 15.1. The van der Waals surface area contributed by atoms with Crippen LogP contribution in [0.3, 0.4) is 0 Å². The summed E-state index contributed by atoms with van der Waals surface area (Å²) in [6.07, 6.45) is 0. The lowest BCUT2D eigenvalue weighted by Gasteiger charge is -2.17. The fourth-order valence-corrected chi connectivity index (χ4v) is 3.21. The molecule has 0 aliphatic heterocycles. The van der Waals surface area contributed by atoms with Gasteiger partial charge in [-0.15, -0.1) is 11.3 Å². The first-order valence-electron chi connectivity index (χ1n) is 6.25. The van der Waals surface area contributed by atoms with E-state index in [4.69, 9.17) is 5.73 Å². The Balaban J connectivity index is 2.22. The summed E-state index contributed by atoms with van der Waals surface area (Å²) in [6.45, 7) is 4.93. The van der Waals surface area contributed by atoms with Gasteiger partial charge in [0.05, 0.1) is 15.2 Å². The van der Waals surface area contributed by atoms with Crippen LogP contribution in [-0.4, -0.2) is 27.6 Å². The van der Waals surface area contributed by atoms with Crippen LogP contribution in [-0.2, 0) is 13.1 Å². The third-order valence-corrected chi connectivity index (χ3v) is 4.62. The number of carbonyl (C=O) groups is 1. The van der Waals surface area contributed by atoms with Crippen LogP contribution < -0.4 is 5.73 Å². The van der Waals surface area contributed by atoms with E-state index in [2.05, 4.69) is 21.0 Å². The Kier molecular flexibility index (Phi) is 4.49. The lowest BCUT2D eigenvalue weighted by Crippen LogP contribution is -2.29. The Morgan fingerprint density at radius 3 is 2.85 bits per heavy atom. The molecular formula is C13H17BrN4OS. The molecular weight excluding hydrogens is 340 g/mol. The number of nitrogens with zero attached hydrogens (tertiary/aromatic N) is 3. The lowest BCUT2D eigenvalue weighted by atomic mass is 10.2. The van der Waals surface area contributed by atoms with Crippen LogP contribution in [0.2, 0.25) is 0 Å². The summed E-state index contributed by atoms with van der Waals surface area (Å²) in [6, 6.07) is 2.01. The third kappa shape index (κ3) is 2.88. The van der Waals surface area contributed by atoms with Gasteiger partial charge in [0.25, 0.3) is 5.91 Å². The van der Waals surface area contributed by atoms with Crippen molar-refractivity contribution in [1.82, 2.24) is 14.7 Å². The summed E-state index contributed by atoms with van der Waals surface area (Å²) in [5.74, 6) is -0.104. The fourth-order valence-electron chi connectivity index (χ4n) is 2.00. The predicted molar refractivity (Wildman–Crippen MR) is 84.9 cm³/mol. The van der Waals surface area contributed by atoms with Gasteiger partial charge in [0.15, 0.2) is 0 Å². The number of amides is 1. The third-order valence-electron chi connectivity index (χ3n) is 3.06. The molecule has 108 valence electrons. The maximum atomic E-state index is 12.5. The van der Waals surface area contributed by atoms with Crippen LogP contribution in [0.15, 0.2) is 15.2 Å². The minimum absolute atomic E-state index is 0.104. The van der Waals surface area contributed by atoms with Crippen LogP contribution >= 0.6 is 27.3 Å². The summed E-state index contributed by atoms with van der Waals surface area (Å²) >= 11 is 5.03. The molecule has 2 rings (SSSR count). The van der Waals surface area contributed by atoms with Gasteiger partial charge in [0.2, 0.25) is 0 Å². The van der Waals surface area contributed by atoms with E-state index in [-0.39, 0.29) is 5.91 Å². The first-order chi connectivity index (χ1) is 9.43. The predicted octanol–water partition coefficient (Wildman–Crippen LogP) is 2.89. The van der Waals surface area contributed by atoms with Crippen molar-refractivity contribution < 1.29 is 4.79 Å². The van der Waals surface area contributed by atoms with E-state index in [0.717, 1.165) is 9.35 Å². The van der Waals surface area contributed by atoms with Crippen molar-refractivity contribution in [1.29, 1.82) is 0 Å². The first-order valence-corrected chi connectivity index (χ1v) is 7.92. The highest BCUT2D eigenvalue weighted by Gasteiger charge is 2.22. The second-order valence-electron chi connectivity index (χ2n) is 4.58. The molecule has 0 fully saturated rings. The topological polar surface area (TPSA) is 64.2 Å². The monoisotopic (exact) mass is 356 g/mol. The highest BCUT2D eigenvalue weighted by atomic mass is 79.9. The molecule has 1 amide bonds. The highest BCUT2D eigenvalue weighted by Crippen LogP contribution is 2.23. The summed E-state index contributed by atoms with van der Waals surface area (Å²) in [5, 5.41) is 6.31. The Bertz CT molecular complexity index is 634. The number of anilines is 1. The van der Waals surface area contributed by atoms with E-state index in [1.165, 1.54) is 0 Å². The fraction of sp³-hybridized carbons (Fsp3) is 0.385. The van der Waals surface area contributed by atoms with Crippen LogP contribution in [0.25, 0.3) is 0 Å². The maximum Gasteiger partial charge on any atom is 0.274 e. The Labute approximate surface area is 130 Å². The summed E-state index contributed by atoms with van der Waals surface area (Å²) in [7, 11) is 1.77. The number of hydrogen-bond acceptors (Lipinski definition) is 4. The normalized spacial score (nSPS) is 10.8. The van der Waals surface area contributed by atoms with E-state index in [9.17, 15) is 4.79 Å². The van der Waals surface area contributed by atoms with E-state index in [1.54, 1.807) is 28.0 Å². The van der Waals surface area contributed by atoms with Gasteiger partial charge in [-0.2, -0.15) is 5.10 Å². The van der Waals surface area contributed by atoms with E-state index in [1.807, 2.05) is 25.3 Å². The molecule has 0 unspecified atom stereocenters. The molecule has 20 heavy (non-hydrogen) atoms. The summed E-state index contributed by atoms with van der Waals surface area (Å²) in [4.78, 5) is 14.2. The highest BCUT2D eigenvalue weighted by molar-refractivity contribution is 9.11. The minimum atomic E-state index is -0.104. The molecule has 7 heteroatoms. The van der Waals surface area contributed by atoms with Crippen molar-refractivity contribution in [3.63, 3.8) is 0 Å². The number of nitrogens with two attached hydrogens (primary N) is 1. The smallest absolute Gasteiger partial charge is 0.274 e. The number of carbonyl (C=O) groups excluding carboxylic acids is 1.